The van der Waals surface area contributed by atoms with Crippen molar-refractivity contribution in [2.24, 2.45) is 0 Å². The summed E-state index contributed by atoms with van der Waals surface area (Å²) in [5.74, 6) is 0.144. The van der Waals surface area contributed by atoms with Gasteiger partial charge in [0.1, 0.15) is 0 Å². The summed E-state index contributed by atoms with van der Waals surface area (Å²) in [7, 11) is -3.06. The zero-order valence-electron chi connectivity index (χ0n) is 11.8. The van der Waals surface area contributed by atoms with Crippen LogP contribution in [0.15, 0.2) is 24.3 Å². The van der Waals surface area contributed by atoms with Gasteiger partial charge in [-0.15, -0.1) is 0 Å². The number of rotatable bonds is 6. The quantitative estimate of drug-likeness (QED) is 0.777. The average Bonchev–Trinajstić information content (AvgIpc) is 2.34. The highest BCUT2D eigenvalue weighted by Crippen LogP contribution is 2.15. The van der Waals surface area contributed by atoms with Gasteiger partial charge in [0.25, 0.3) is 0 Å². The highest BCUT2D eigenvalue weighted by Gasteiger charge is 2.27. The summed E-state index contributed by atoms with van der Waals surface area (Å²) in [6, 6.07) is 7.58. The molecule has 0 saturated heterocycles. The standard InChI is InChI=1S/C14H23NO3S/c1-14(2,3)19(17,18)9-8-15-10-12-4-6-13(11-16)7-5-12/h4-7,15-16H,8-11H2,1-3H3. The van der Waals surface area contributed by atoms with Crippen molar-refractivity contribution in [1.29, 1.82) is 0 Å². The molecule has 0 saturated carbocycles. The number of sulfone groups is 1. The molecule has 0 amide bonds. The van der Waals surface area contributed by atoms with E-state index in [1.165, 1.54) is 0 Å². The molecule has 1 rings (SSSR count). The second kappa shape index (κ2) is 6.50. The zero-order valence-corrected chi connectivity index (χ0v) is 12.6. The lowest BCUT2D eigenvalue weighted by molar-refractivity contribution is 0.282. The van der Waals surface area contributed by atoms with E-state index in [0.29, 0.717) is 13.1 Å². The van der Waals surface area contributed by atoms with Crippen molar-refractivity contribution in [2.75, 3.05) is 12.3 Å². The SMILES string of the molecule is CC(C)(C)S(=O)(=O)CCNCc1ccc(CO)cc1. The molecule has 19 heavy (non-hydrogen) atoms. The van der Waals surface area contributed by atoms with Crippen molar-refractivity contribution in [2.45, 2.75) is 38.7 Å². The predicted octanol–water partition coefficient (Wildman–Crippen LogP) is 1.48. The van der Waals surface area contributed by atoms with Crippen LogP contribution in [-0.4, -0.2) is 30.6 Å². The van der Waals surface area contributed by atoms with Gasteiger partial charge in [-0.2, -0.15) is 0 Å². The van der Waals surface area contributed by atoms with E-state index in [1.54, 1.807) is 20.8 Å². The van der Waals surface area contributed by atoms with Gasteiger partial charge in [-0.3, -0.25) is 0 Å². The maximum absolute atomic E-state index is 11.9. The first-order valence-corrected chi connectivity index (χ1v) is 8.03. The summed E-state index contributed by atoms with van der Waals surface area (Å²) in [6.45, 7) is 6.27. The molecule has 108 valence electrons. The Morgan fingerprint density at radius 3 is 2.11 bits per heavy atom. The van der Waals surface area contributed by atoms with Crippen molar-refractivity contribution in [3.8, 4) is 0 Å². The first kappa shape index (κ1) is 16.1. The number of aliphatic hydroxyl groups excluding tert-OH is 1. The van der Waals surface area contributed by atoms with Crippen LogP contribution in [0.25, 0.3) is 0 Å². The summed E-state index contributed by atoms with van der Waals surface area (Å²) in [5, 5.41) is 12.1. The van der Waals surface area contributed by atoms with Gasteiger partial charge in [0.2, 0.25) is 0 Å². The van der Waals surface area contributed by atoms with E-state index >= 15 is 0 Å². The molecule has 0 radical (unpaired) electrons. The molecule has 4 nitrogen and oxygen atoms in total. The Hall–Kier alpha value is -0.910. The summed E-state index contributed by atoms with van der Waals surface area (Å²) >= 11 is 0. The molecule has 0 aromatic heterocycles. The van der Waals surface area contributed by atoms with E-state index in [0.717, 1.165) is 11.1 Å². The van der Waals surface area contributed by atoms with Crippen LogP contribution < -0.4 is 5.32 Å². The van der Waals surface area contributed by atoms with Gasteiger partial charge in [-0.25, -0.2) is 8.42 Å². The van der Waals surface area contributed by atoms with Gasteiger partial charge in [0.15, 0.2) is 9.84 Å². The first-order valence-electron chi connectivity index (χ1n) is 6.38. The van der Waals surface area contributed by atoms with Crippen LogP contribution in [0.3, 0.4) is 0 Å². The summed E-state index contributed by atoms with van der Waals surface area (Å²) in [6.07, 6.45) is 0. The number of hydrogen-bond donors (Lipinski definition) is 2. The molecule has 2 N–H and O–H groups in total. The van der Waals surface area contributed by atoms with Crippen molar-refractivity contribution in [1.82, 2.24) is 5.32 Å². The fourth-order valence-corrected chi connectivity index (χ4v) is 2.53. The van der Waals surface area contributed by atoms with E-state index in [-0.39, 0.29) is 12.4 Å². The predicted molar refractivity (Wildman–Crippen MR) is 77.6 cm³/mol. The molecule has 5 heteroatoms. The van der Waals surface area contributed by atoms with Crippen LogP contribution >= 0.6 is 0 Å². The van der Waals surface area contributed by atoms with Crippen LogP contribution in [0, 0.1) is 0 Å². The molecule has 0 aliphatic rings. The van der Waals surface area contributed by atoms with Gasteiger partial charge in [0.05, 0.1) is 17.1 Å². The minimum Gasteiger partial charge on any atom is -0.392 e. The van der Waals surface area contributed by atoms with Crippen molar-refractivity contribution in [3.05, 3.63) is 35.4 Å². The Morgan fingerprint density at radius 1 is 1.11 bits per heavy atom. The Labute approximate surface area is 115 Å². The van der Waals surface area contributed by atoms with Crippen molar-refractivity contribution >= 4 is 9.84 Å². The molecule has 0 aliphatic heterocycles. The minimum atomic E-state index is -3.06. The zero-order chi connectivity index (χ0) is 14.5. The van der Waals surface area contributed by atoms with Crippen LogP contribution in [0.5, 0.6) is 0 Å². The Balaban J connectivity index is 2.39. The second-order valence-corrected chi connectivity index (χ2v) is 8.45. The third-order valence-corrected chi connectivity index (χ3v) is 5.62. The smallest absolute Gasteiger partial charge is 0.156 e. The fourth-order valence-electron chi connectivity index (χ4n) is 1.51. The maximum atomic E-state index is 11.9. The van der Waals surface area contributed by atoms with Crippen LogP contribution in [0.1, 0.15) is 31.9 Å². The molecule has 1 aromatic rings. The minimum absolute atomic E-state index is 0.0392. The summed E-state index contributed by atoms with van der Waals surface area (Å²) in [5.41, 5.74) is 1.95. The van der Waals surface area contributed by atoms with E-state index in [2.05, 4.69) is 5.32 Å². The van der Waals surface area contributed by atoms with E-state index in [4.69, 9.17) is 5.11 Å². The fraction of sp³-hybridized carbons (Fsp3) is 0.571. The Bertz CT molecular complexity index is 486. The molecule has 0 spiro atoms. The van der Waals surface area contributed by atoms with E-state index in [9.17, 15) is 8.42 Å². The molecular formula is C14H23NO3S. The summed E-state index contributed by atoms with van der Waals surface area (Å²) in [4.78, 5) is 0. The largest absolute Gasteiger partial charge is 0.392 e. The normalized spacial score (nSPS) is 12.6. The molecule has 0 bridgehead atoms. The average molecular weight is 285 g/mol. The highest BCUT2D eigenvalue weighted by molar-refractivity contribution is 7.92. The van der Waals surface area contributed by atoms with E-state index in [1.807, 2.05) is 24.3 Å². The molecule has 0 fully saturated rings. The lowest BCUT2D eigenvalue weighted by Gasteiger charge is -2.19. The lowest BCUT2D eigenvalue weighted by atomic mass is 10.1. The van der Waals surface area contributed by atoms with E-state index < -0.39 is 14.6 Å². The first-order chi connectivity index (χ1) is 8.76. The molecule has 0 atom stereocenters. The summed E-state index contributed by atoms with van der Waals surface area (Å²) < 4.78 is 23.1. The Kier molecular flexibility index (Phi) is 5.52. The monoisotopic (exact) mass is 285 g/mol. The molecule has 0 unspecified atom stereocenters. The molecule has 1 aromatic carbocycles. The van der Waals surface area contributed by atoms with Crippen LogP contribution in [0.2, 0.25) is 0 Å². The third kappa shape index (κ3) is 4.93. The van der Waals surface area contributed by atoms with Gasteiger partial charge in [-0.1, -0.05) is 24.3 Å². The van der Waals surface area contributed by atoms with Gasteiger partial charge < -0.3 is 10.4 Å². The van der Waals surface area contributed by atoms with Crippen LogP contribution in [-0.2, 0) is 23.0 Å². The van der Waals surface area contributed by atoms with Gasteiger partial charge in [-0.05, 0) is 31.9 Å². The second-order valence-electron chi connectivity index (χ2n) is 5.58. The lowest BCUT2D eigenvalue weighted by Crippen LogP contribution is -2.34. The van der Waals surface area contributed by atoms with Crippen LogP contribution in [0.4, 0.5) is 0 Å². The van der Waals surface area contributed by atoms with Crippen molar-refractivity contribution in [3.63, 3.8) is 0 Å². The number of nitrogens with one attached hydrogen (secondary N) is 1. The third-order valence-electron chi connectivity index (χ3n) is 3.02. The molecule has 0 heterocycles. The van der Waals surface area contributed by atoms with Gasteiger partial charge in [0, 0.05) is 13.1 Å². The molecule has 0 aliphatic carbocycles. The topological polar surface area (TPSA) is 66.4 Å². The van der Waals surface area contributed by atoms with Gasteiger partial charge >= 0.3 is 0 Å². The Morgan fingerprint density at radius 2 is 1.63 bits per heavy atom. The highest BCUT2D eigenvalue weighted by atomic mass is 32.2. The number of hydrogen-bond acceptors (Lipinski definition) is 4. The number of benzene rings is 1. The maximum Gasteiger partial charge on any atom is 0.156 e. The van der Waals surface area contributed by atoms with Crippen molar-refractivity contribution < 1.29 is 13.5 Å². The number of aliphatic hydroxyl groups is 1. The molecular weight excluding hydrogens is 262 g/mol.